The van der Waals surface area contributed by atoms with Gasteiger partial charge >= 0.3 is 0 Å². The van der Waals surface area contributed by atoms with Crippen molar-refractivity contribution >= 4 is 11.6 Å². The number of guanidine groups is 1. The SMILES string of the molecule is CN=C(NCC(OC)c1ccccc1)NC1CCN(c2ccccc2OC)C1. The maximum Gasteiger partial charge on any atom is 0.191 e. The van der Waals surface area contributed by atoms with Gasteiger partial charge in [-0.25, -0.2) is 0 Å². The fourth-order valence-corrected chi connectivity index (χ4v) is 3.57. The first kappa shape index (κ1) is 20.0. The van der Waals surface area contributed by atoms with E-state index in [-0.39, 0.29) is 6.10 Å². The van der Waals surface area contributed by atoms with Crippen molar-refractivity contribution in [2.24, 2.45) is 4.99 Å². The smallest absolute Gasteiger partial charge is 0.191 e. The molecule has 2 unspecified atom stereocenters. The van der Waals surface area contributed by atoms with Crippen molar-refractivity contribution in [1.29, 1.82) is 0 Å². The van der Waals surface area contributed by atoms with Gasteiger partial charge < -0.3 is 25.0 Å². The number of aliphatic imine (C=N–C) groups is 1. The van der Waals surface area contributed by atoms with Crippen LogP contribution in [-0.2, 0) is 4.74 Å². The molecule has 1 fully saturated rings. The van der Waals surface area contributed by atoms with Crippen LogP contribution in [0.3, 0.4) is 0 Å². The van der Waals surface area contributed by atoms with Gasteiger partial charge in [-0.1, -0.05) is 42.5 Å². The van der Waals surface area contributed by atoms with Crippen LogP contribution in [0.15, 0.2) is 59.6 Å². The number of para-hydroxylation sites is 2. The number of rotatable bonds is 7. The lowest BCUT2D eigenvalue weighted by Crippen LogP contribution is -2.45. The van der Waals surface area contributed by atoms with E-state index in [0.717, 1.165) is 42.5 Å². The van der Waals surface area contributed by atoms with Gasteiger partial charge in [-0.15, -0.1) is 0 Å². The fourth-order valence-electron chi connectivity index (χ4n) is 3.57. The predicted octanol–water partition coefficient (Wildman–Crippen LogP) is 2.83. The second kappa shape index (κ2) is 9.99. The molecule has 0 amide bonds. The molecule has 0 aromatic heterocycles. The van der Waals surface area contributed by atoms with Crippen molar-refractivity contribution < 1.29 is 9.47 Å². The summed E-state index contributed by atoms with van der Waals surface area (Å²) in [7, 11) is 5.25. The minimum absolute atomic E-state index is 0.0200. The lowest BCUT2D eigenvalue weighted by molar-refractivity contribution is 0.106. The van der Waals surface area contributed by atoms with E-state index in [9.17, 15) is 0 Å². The third kappa shape index (κ3) is 4.95. The molecule has 150 valence electrons. The van der Waals surface area contributed by atoms with Crippen LogP contribution < -0.4 is 20.3 Å². The van der Waals surface area contributed by atoms with Gasteiger partial charge in [0, 0.05) is 39.8 Å². The van der Waals surface area contributed by atoms with E-state index >= 15 is 0 Å². The number of benzene rings is 2. The van der Waals surface area contributed by atoms with Crippen molar-refractivity contribution in [3.05, 3.63) is 60.2 Å². The van der Waals surface area contributed by atoms with E-state index in [0.29, 0.717) is 12.6 Å². The lowest BCUT2D eigenvalue weighted by Gasteiger charge is -2.23. The lowest BCUT2D eigenvalue weighted by atomic mass is 10.1. The maximum absolute atomic E-state index is 5.63. The molecular formula is C22H30N4O2. The summed E-state index contributed by atoms with van der Waals surface area (Å²) in [5, 5.41) is 6.93. The summed E-state index contributed by atoms with van der Waals surface area (Å²) < 4.78 is 11.1. The van der Waals surface area contributed by atoms with Gasteiger partial charge in [-0.05, 0) is 24.1 Å². The Morgan fingerprint density at radius 2 is 1.89 bits per heavy atom. The topological polar surface area (TPSA) is 58.1 Å². The molecule has 6 nitrogen and oxygen atoms in total. The monoisotopic (exact) mass is 382 g/mol. The highest BCUT2D eigenvalue weighted by Crippen LogP contribution is 2.30. The number of methoxy groups -OCH3 is 2. The standard InChI is InChI=1S/C22H30N4O2/c1-23-22(24-15-21(28-3)17-9-5-4-6-10-17)25-18-13-14-26(16-18)19-11-7-8-12-20(19)27-2/h4-12,18,21H,13-16H2,1-3H3,(H2,23,24,25). The zero-order valence-electron chi connectivity index (χ0n) is 16.9. The van der Waals surface area contributed by atoms with Gasteiger partial charge in [-0.2, -0.15) is 0 Å². The van der Waals surface area contributed by atoms with Gasteiger partial charge in [0.15, 0.2) is 5.96 Å². The number of hydrogen-bond donors (Lipinski definition) is 2. The first-order chi connectivity index (χ1) is 13.7. The Balaban J connectivity index is 1.54. The molecular weight excluding hydrogens is 352 g/mol. The molecule has 0 radical (unpaired) electrons. The minimum atomic E-state index is -0.0200. The summed E-state index contributed by atoms with van der Waals surface area (Å²) in [4.78, 5) is 6.73. The molecule has 2 atom stereocenters. The second-order valence-electron chi connectivity index (χ2n) is 6.84. The summed E-state index contributed by atoms with van der Waals surface area (Å²) in [6.07, 6.45) is 1.03. The molecule has 0 saturated carbocycles. The van der Waals surface area contributed by atoms with E-state index in [1.54, 1.807) is 21.3 Å². The predicted molar refractivity (Wildman–Crippen MR) is 114 cm³/mol. The molecule has 1 saturated heterocycles. The van der Waals surface area contributed by atoms with Crippen LogP contribution in [0.25, 0.3) is 0 Å². The largest absolute Gasteiger partial charge is 0.495 e. The zero-order valence-corrected chi connectivity index (χ0v) is 16.9. The van der Waals surface area contributed by atoms with Crippen LogP contribution in [0.1, 0.15) is 18.1 Å². The summed E-state index contributed by atoms with van der Waals surface area (Å²) in [6.45, 7) is 2.55. The first-order valence-electron chi connectivity index (χ1n) is 9.68. The van der Waals surface area contributed by atoms with Crippen LogP contribution in [0.2, 0.25) is 0 Å². The molecule has 3 rings (SSSR count). The summed E-state index contributed by atoms with van der Waals surface area (Å²) in [5.74, 6) is 1.71. The maximum atomic E-state index is 5.63. The quantitative estimate of drug-likeness (QED) is 0.570. The fraction of sp³-hybridized carbons (Fsp3) is 0.409. The highest BCUT2D eigenvalue weighted by atomic mass is 16.5. The van der Waals surface area contributed by atoms with Crippen molar-refractivity contribution in [2.75, 3.05) is 45.8 Å². The van der Waals surface area contributed by atoms with Crippen LogP contribution >= 0.6 is 0 Å². The summed E-state index contributed by atoms with van der Waals surface area (Å²) in [5.41, 5.74) is 2.29. The molecule has 28 heavy (non-hydrogen) atoms. The normalized spacial score (nSPS) is 18.0. The molecule has 0 bridgehead atoms. The molecule has 0 spiro atoms. The number of anilines is 1. The minimum Gasteiger partial charge on any atom is -0.495 e. The van der Waals surface area contributed by atoms with E-state index in [1.807, 2.05) is 36.4 Å². The molecule has 0 aliphatic carbocycles. The average molecular weight is 383 g/mol. The highest BCUT2D eigenvalue weighted by molar-refractivity contribution is 5.80. The number of nitrogens with one attached hydrogen (secondary N) is 2. The van der Waals surface area contributed by atoms with Gasteiger partial charge in [0.25, 0.3) is 0 Å². The molecule has 2 aromatic carbocycles. The highest BCUT2D eigenvalue weighted by Gasteiger charge is 2.25. The zero-order chi connectivity index (χ0) is 19.8. The van der Waals surface area contributed by atoms with Gasteiger partial charge in [-0.3, -0.25) is 4.99 Å². The Morgan fingerprint density at radius 3 is 2.61 bits per heavy atom. The second-order valence-corrected chi connectivity index (χ2v) is 6.84. The third-order valence-corrected chi connectivity index (χ3v) is 5.09. The van der Waals surface area contributed by atoms with Crippen LogP contribution in [-0.4, -0.2) is 52.9 Å². The van der Waals surface area contributed by atoms with Crippen LogP contribution in [0, 0.1) is 0 Å². The summed E-state index contributed by atoms with van der Waals surface area (Å²) in [6, 6.07) is 18.7. The Labute approximate surface area is 167 Å². The molecule has 1 aliphatic rings. The van der Waals surface area contributed by atoms with Crippen molar-refractivity contribution in [3.8, 4) is 5.75 Å². The van der Waals surface area contributed by atoms with Gasteiger partial charge in [0.05, 0.1) is 18.9 Å². The Bertz CT molecular complexity index is 766. The van der Waals surface area contributed by atoms with E-state index in [2.05, 4.69) is 38.7 Å². The van der Waals surface area contributed by atoms with Crippen LogP contribution in [0.4, 0.5) is 5.69 Å². The number of hydrogen-bond acceptors (Lipinski definition) is 4. The number of ether oxygens (including phenoxy) is 2. The van der Waals surface area contributed by atoms with E-state index in [1.165, 1.54) is 0 Å². The van der Waals surface area contributed by atoms with Crippen LogP contribution in [0.5, 0.6) is 5.75 Å². The first-order valence-corrected chi connectivity index (χ1v) is 9.68. The van der Waals surface area contributed by atoms with Crippen molar-refractivity contribution in [1.82, 2.24) is 10.6 Å². The Morgan fingerprint density at radius 1 is 1.14 bits per heavy atom. The Kier molecular flexibility index (Phi) is 7.14. The van der Waals surface area contributed by atoms with E-state index in [4.69, 9.17) is 9.47 Å². The molecule has 6 heteroatoms. The molecule has 1 aliphatic heterocycles. The van der Waals surface area contributed by atoms with Crippen molar-refractivity contribution in [2.45, 2.75) is 18.6 Å². The van der Waals surface area contributed by atoms with Gasteiger partial charge in [0.1, 0.15) is 5.75 Å². The Hall–Kier alpha value is -2.73. The van der Waals surface area contributed by atoms with Gasteiger partial charge in [0.2, 0.25) is 0 Å². The third-order valence-electron chi connectivity index (χ3n) is 5.09. The molecule has 1 heterocycles. The molecule has 2 N–H and O–H groups in total. The van der Waals surface area contributed by atoms with Crippen molar-refractivity contribution in [3.63, 3.8) is 0 Å². The van der Waals surface area contributed by atoms with E-state index < -0.39 is 0 Å². The number of nitrogens with zero attached hydrogens (tertiary/aromatic N) is 2. The molecule has 2 aromatic rings. The summed E-state index contributed by atoms with van der Waals surface area (Å²) >= 11 is 0. The average Bonchev–Trinajstić information content (AvgIpc) is 3.22.